The van der Waals surface area contributed by atoms with Gasteiger partial charge < -0.3 is 0 Å². The minimum absolute atomic E-state index is 0.0249. The fraction of sp³-hybridized carbons (Fsp3) is 0.474. The molecule has 0 aromatic carbocycles. The van der Waals surface area contributed by atoms with E-state index in [0.717, 1.165) is 5.57 Å². The van der Waals surface area contributed by atoms with Gasteiger partial charge in [0, 0.05) is 5.41 Å². The third kappa shape index (κ3) is 4.70. The summed E-state index contributed by atoms with van der Waals surface area (Å²) in [5.41, 5.74) is 4.91. The van der Waals surface area contributed by atoms with Crippen LogP contribution in [0.25, 0.3) is 0 Å². The zero-order valence-electron chi connectivity index (χ0n) is 14.1. The first-order valence-corrected chi connectivity index (χ1v) is 7.24. The van der Waals surface area contributed by atoms with Crippen molar-refractivity contribution in [1.82, 2.24) is 0 Å². The molecule has 0 bridgehead atoms. The van der Waals surface area contributed by atoms with E-state index in [1.54, 1.807) is 0 Å². The van der Waals surface area contributed by atoms with E-state index in [2.05, 4.69) is 54.4 Å². The predicted octanol–water partition coefficient (Wildman–Crippen LogP) is 6.64. The molecule has 0 aromatic heterocycles. The van der Waals surface area contributed by atoms with Crippen LogP contribution in [0.3, 0.4) is 0 Å². The number of hydrogen-bond donors (Lipinski definition) is 0. The Morgan fingerprint density at radius 2 is 1.53 bits per heavy atom. The van der Waals surface area contributed by atoms with Crippen molar-refractivity contribution in [2.45, 2.75) is 54.9 Å². The van der Waals surface area contributed by atoms with Gasteiger partial charge in [-0.1, -0.05) is 85.9 Å². The van der Waals surface area contributed by atoms with Crippen LogP contribution in [0.4, 0.5) is 0 Å². The molecule has 0 nitrogen and oxygen atoms in total. The SMILES string of the molecule is C=C/C=C1\C(=C)C(C)=C(C=C)C1(C)C.CC.CCC. The van der Waals surface area contributed by atoms with Crippen molar-refractivity contribution in [1.29, 1.82) is 0 Å². The van der Waals surface area contributed by atoms with E-state index in [-0.39, 0.29) is 5.41 Å². The summed E-state index contributed by atoms with van der Waals surface area (Å²) >= 11 is 0. The van der Waals surface area contributed by atoms with Crippen LogP contribution in [0.1, 0.15) is 54.9 Å². The molecule has 0 radical (unpaired) electrons. The molecule has 0 aromatic rings. The Kier molecular flexibility index (Phi) is 10.1. The summed E-state index contributed by atoms with van der Waals surface area (Å²) in [5.74, 6) is 0. The molecular weight excluding hydrogens is 228 g/mol. The Morgan fingerprint density at radius 3 is 1.79 bits per heavy atom. The van der Waals surface area contributed by atoms with Crippen LogP contribution in [0.15, 0.2) is 60.3 Å². The van der Waals surface area contributed by atoms with Crippen LogP contribution in [-0.2, 0) is 0 Å². The first kappa shape index (κ1) is 20.0. The first-order valence-electron chi connectivity index (χ1n) is 7.24. The lowest BCUT2D eigenvalue weighted by molar-refractivity contribution is 0.579. The Bertz CT molecular complexity index is 373. The van der Waals surface area contributed by atoms with Crippen molar-refractivity contribution in [2.24, 2.45) is 5.41 Å². The van der Waals surface area contributed by atoms with Crippen LogP contribution < -0.4 is 0 Å². The topological polar surface area (TPSA) is 0 Å². The average molecular weight is 260 g/mol. The Labute approximate surface area is 121 Å². The minimum atomic E-state index is 0.0249. The van der Waals surface area contributed by atoms with Gasteiger partial charge in [-0.3, -0.25) is 0 Å². The molecule has 1 aliphatic carbocycles. The number of rotatable bonds is 2. The van der Waals surface area contributed by atoms with Gasteiger partial charge in [-0.2, -0.15) is 0 Å². The largest absolute Gasteiger partial charge is 0.0991 e. The lowest BCUT2D eigenvalue weighted by Gasteiger charge is -2.23. The molecule has 0 heterocycles. The maximum Gasteiger partial charge on any atom is 0.0154 e. The average Bonchev–Trinajstić information content (AvgIpc) is 2.53. The van der Waals surface area contributed by atoms with Crippen LogP contribution in [0.2, 0.25) is 0 Å². The normalized spacial score (nSPS) is 18.3. The molecule has 108 valence electrons. The lowest BCUT2D eigenvalue weighted by Crippen LogP contribution is -2.11. The second-order valence-electron chi connectivity index (χ2n) is 4.87. The highest BCUT2D eigenvalue weighted by Crippen LogP contribution is 2.49. The second kappa shape index (κ2) is 9.61. The van der Waals surface area contributed by atoms with E-state index >= 15 is 0 Å². The summed E-state index contributed by atoms with van der Waals surface area (Å²) in [4.78, 5) is 0. The summed E-state index contributed by atoms with van der Waals surface area (Å²) in [7, 11) is 0. The molecule has 1 rings (SSSR count). The van der Waals surface area contributed by atoms with Gasteiger partial charge in [-0.25, -0.2) is 0 Å². The van der Waals surface area contributed by atoms with E-state index in [9.17, 15) is 0 Å². The molecule has 19 heavy (non-hydrogen) atoms. The molecule has 1 aliphatic rings. The lowest BCUT2D eigenvalue weighted by atomic mass is 9.81. The molecule has 0 N–H and O–H groups in total. The zero-order chi connectivity index (χ0) is 15.6. The molecule has 0 spiro atoms. The van der Waals surface area contributed by atoms with Crippen molar-refractivity contribution in [3.63, 3.8) is 0 Å². The summed E-state index contributed by atoms with van der Waals surface area (Å²) < 4.78 is 0. The highest BCUT2D eigenvalue weighted by molar-refractivity contribution is 5.62. The van der Waals surface area contributed by atoms with Crippen LogP contribution in [0.5, 0.6) is 0 Å². The highest BCUT2D eigenvalue weighted by atomic mass is 14.4. The molecule has 0 saturated heterocycles. The van der Waals surface area contributed by atoms with Gasteiger partial charge in [0.1, 0.15) is 0 Å². The van der Waals surface area contributed by atoms with E-state index < -0.39 is 0 Å². The smallest absolute Gasteiger partial charge is 0.0154 e. The molecule has 0 amide bonds. The van der Waals surface area contributed by atoms with E-state index in [1.165, 1.54) is 23.1 Å². The van der Waals surface area contributed by atoms with Crippen molar-refractivity contribution in [3.05, 3.63) is 60.3 Å². The molecule has 0 fully saturated rings. The quantitative estimate of drug-likeness (QED) is 0.522. The maximum atomic E-state index is 4.11. The van der Waals surface area contributed by atoms with Gasteiger partial charge in [0.15, 0.2) is 0 Å². The van der Waals surface area contributed by atoms with Gasteiger partial charge in [-0.05, 0) is 29.2 Å². The maximum absolute atomic E-state index is 4.11. The van der Waals surface area contributed by atoms with Crippen LogP contribution >= 0.6 is 0 Å². The number of hydrogen-bond acceptors (Lipinski definition) is 0. The van der Waals surface area contributed by atoms with Gasteiger partial charge >= 0.3 is 0 Å². The predicted molar refractivity (Wildman–Crippen MR) is 91.4 cm³/mol. The molecule has 0 heteroatoms. The van der Waals surface area contributed by atoms with Crippen molar-refractivity contribution in [2.75, 3.05) is 0 Å². The standard InChI is InChI=1S/C14H18.C3H8.C2H6/c1-7-9-13-11(4)10(3)12(8-2)14(13,5)6;1-3-2;1-2/h7-9H,1-2,4H2,3,5-6H3;3H2,1-2H3;1-2H3/b13-9+;;. The van der Waals surface area contributed by atoms with E-state index in [0.29, 0.717) is 0 Å². The Balaban J connectivity index is 0. The molecule has 0 aliphatic heterocycles. The fourth-order valence-corrected chi connectivity index (χ4v) is 2.19. The van der Waals surface area contributed by atoms with Crippen LogP contribution in [-0.4, -0.2) is 0 Å². The number of allylic oxidation sites excluding steroid dienone is 7. The monoisotopic (exact) mass is 260 g/mol. The minimum Gasteiger partial charge on any atom is -0.0991 e. The van der Waals surface area contributed by atoms with E-state index in [4.69, 9.17) is 0 Å². The van der Waals surface area contributed by atoms with Gasteiger partial charge in [0.2, 0.25) is 0 Å². The van der Waals surface area contributed by atoms with Gasteiger partial charge in [-0.15, -0.1) is 0 Å². The third-order valence-corrected chi connectivity index (χ3v) is 3.02. The molecule has 0 saturated carbocycles. The molecule has 0 unspecified atom stereocenters. The second-order valence-corrected chi connectivity index (χ2v) is 4.87. The van der Waals surface area contributed by atoms with Gasteiger partial charge in [0.25, 0.3) is 0 Å². The Hall–Kier alpha value is -1.30. The van der Waals surface area contributed by atoms with Crippen molar-refractivity contribution in [3.8, 4) is 0 Å². The molecular formula is C19H32. The first-order chi connectivity index (χ1) is 8.88. The fourth-order valence-electron chi connectivity index (χ4n) is 2.19. The zero-order valence-corrected chi connectivity index (χ0v) is 14.1. The van der Waals surface area contributed by atoms with Crippen LogP contribution in [0, 0.1) is 5.41 Å². The Morgan fingerprint density at radius 1 is 1.11 bits per heavy atom. The van der Waals surface area contributed by atoms with Gasteiger partial charge in [0.05, 0.1) is 0 Å². The third-order valence-electron chi connectivity index (χ3n) is 3.02. The molecule has 0 atom stereocenters. The summed E-state index contributed by atoms with van der Waals surface area (Å²) in [6.07, 6.45) is 7.05. The summed E-state index contributed by atoms with van der Waals surface area (Å²) in [5, 5.41) is 0. The highest BCUT2D eigenvalue weighted by Gasteiger charge is 2.35. The summed E-state index contributed by atoms with van der Waals surface area (Å²) in [6.45, 7) is 26.5. The van der Waals surface area contributed by atoms with Crippen molar-refractivity contribution < 1.29 is 0 Å². The summed E-state index contributed by atoms with van der Waals surface area (Å²) in [6, 6.07) is 0. The van der Waals surface area contributed by atoms with Crippen molar-refractivity contribution >= 4 is 0 Å². The van der Waals surface area contributed by atoms with E-state index in [1.807, 2.05) is 32.1 Å².